The Morgan fingerprint density at radius 1 is 1.31 bits per heavy atom. The lowest BCUT2D eigenvalue weighted by atomic mass is 9.77. The molecule has 1 unspecified atom stereocenters. The molecule has 1 aliphatic carbocycles. The van der Waals surface area contributed by atoms with Gasteiger partial charge in [0.15, 0.2) is 0 Å². The lowest BCUT2D eigenvalue weighted by Gasteiger charge is -2.37. The first-order valence-corrected chi connectivity index (χ1v) is 6.54. The molecule has 1 atom stereocenters. The second kappa shape index (κ2) is 5.67. The molecule has 0 saturated heterocycles. The molecule has 3 heteroatoms. The molecule has 0 aromatic carbocycles. The second-order valence-electron chi connectivity index (χ2n) is 5.71. The Hall–Kier alpha value is -0.570. The smallest absolute Gasteiger partial charge is 0.240 e. The predicted octanol–water partition coefficient (Wildman–Crippen LogP) is 2.20. The van der Waals surface area contributed by atoms with Crippen molar-refractivity contribution in [3.05, 3.63) is 0 Å². The van der Waals surface area contributed by atoms with E-state index in [1.54, 1.807) is 0 Å². The highest BCUT2D eigenvalue weighted by Gasteiger charge is 2.40. The van der Waals surface area contributed by atoms with Crippen molar-refractivity contribution in [3.8, 4) is 0 Å². The molecule has 0 aromatic rings. The molecule has 0 bridgehead atoms. The van der Waals surface area contributed by atoms with Crippen molar-refractivity contribution in [1.82, 2.24) is 5.32 Å². The number of nitrogens with one attached hydrogen (secondary N) is 1. The third-order valence-corrected chi connectivity index (χ3v) is 3.49. The van der Waals surface area contributed by atoms with Gasteiger partial charge in [-0.15, -0.1) is 0 Å². The Labute approximate surface area is 99.2 Å². The highest BCUT2D eigenvalue weighted by atomic mass is 16.2. The molecule has 94 valence electrons. The number of carbonyl (C=O) groups excluding carboxylic acids is 1. The lowest BCUT2D eigenvalue weighted by molar-refractivity contribution is -0.129. The van der Waals surface area contributed by atoms with Crippen LogP contribution in [0.4, 0.5) is 0 Å². The molecule has 1 amide bonds. The standard InChI is InChI=1S/C13H26N2O/c1-10(2)6-4-7-11(3)15-12(16)13(14)8-5-9-13/h10-11H,4-9,14H2,1-3H3,(H,15,16). The zero-order valence-electron chi connectivity index (χ0n) is 10.9. The maximum atomic E-state index is 11.8. The van der Waals surface area contributed by atoms with E-state index in [1.807, 2.05) is 0 Å². The second-order valence-corrected chi connectivity index (χ2v) is 5.71. The first-order valence-electron chi connectivity index (χ1n) is 6.54. The van der Waals surface area contributed by atoms with Crippen LogP contribution in [0.15, 0.2) is 0 Å². The fourth-order valence-corrected chi connectivity index (χ4v) is 2.06. The van der Waals surface area contributed by atoms with E-state index in [1.165, 1.54) is 12.8 Å². The molecule has 1 aliphatic rings. The van der Waals surface area contributed by atoms with E-state index in [0.29, 0.717) is 0 Å². The molecule has 1 fully saturated rings. The van der Waals surface area contributed by atoms with Crippen LogP contribution in [0.1, 0.15) is 59.3 Å². The van der Waals surface area contributed by atoms with Crippen molar-refractivity contribution in [1.29, 1.82) is 0 Å². The van der Waals surface area contributed by atoms with Crippen molar-refractivity contribution in [3.63, 3.8) is 0 Å². The molecule has 1 rings (SSSR count). The third-order valence-electron chi connectivity index (χ3n) is 3.49. The van der Waals surface area contributed by atoms with Crippen LogP contribution in [0, 0.1) is 5.92 Å². The van der Waals surface area contributed by atoms with Gasteiger partial charge in [-0.3, -0.25) is 4.79 Å². The van der Waals surface area contributed by atoms with Gasteiger partial charge in [-0.25, -0.2) is 0 Å². The Balaban J connectivity index is 2.18. The summed E-state index contributed by atoms with van der Waals surface area (Å²) in [7, 11) is 0. The summed E-state index contributed by atoms with van der Waals surface area (Å²) >= 11 is 0. The van der Waals surface area contributed by atoms with Crippen molar-refractivity contribution in [2.75, 3.05) is 0 Å². The summed E-state index contributed by atoms with van der Waals surface area (Å²) in [4.78, 5) is 11.8. The van der Waals surface area contributed by atoms with Crippen molar-refractivity contribution in [2.24, 2.45) is 11.7 Å². The highest BCUT2D eigenvalue weighted by Crippen LogP contribution is 2.29. The summed E-state index contributed by atoms with van der Waals surface area (Å²) in [5.41, 5.74) is 5.41. The van der Waals surface area contributed by atoms with Gasteiger partial charge in [0.2, 0.25) is 5.91 Å². The minimum atomic E-state index is -0.549. The molecule has 3 N–H and O–H groups in total. The minimum absolute atomic E-state index is 0.0517. The van der Waals surface area contributed by atoms with Gasteiger partial charge in [-0.05, 0) is 38.5 Å². The predicted molar refractivity (Wildman–Crippen MR) is 67.1 cm³/mol. The van der Waals surface area contributed by atoms with Crippen LogP contribution < -0.4 is 11.1 Å². The molecule has 3 nitrogen and oxygen atoms in total. The van der Waals surface area contributed by atoms with Crippen LogP contribution in [0.25, 0.3) is 0 Å². The largest absolute Gasteiger partial charge is 0.352 e. The number of rotatable bonds is 6. The van der Waals surface area contributed by atoms with Gasteiger partial charge >= 0.3 is 0 Å². The fourth-order valence-electron chi connectivity index (χ4n) is 2.06. The number of hydrogen-bond donors (Lipinski definition) is 2. The lowest BCUT2D eigenvalue weighted by Crippen LogP contribution is -2.59. The van der Waals surface area contributed by atoms with Crippen LogP contribution >= 0.6 is 0 Å². The average Bonchev–Trinajstić information content (AvgIpc) is 2.13. The van der Waals surface area contributed by atoms with E-state index in [-0.39, 0.29) is 11.9 Å². The van der Waals surface area contributed by atoms with Gasteiger partial charge in [0.05, 0.1) is 5.54 Å². The van der Waals surface area contributed by atoms with Gasteiger partial charge < -0.3 is 11.1 Å². The van der Waals surface area contributed by atoms with E-state index >= 15 is 0 Å². The third kappa shape index (κ3) is 3.78. The number of hydrogen-bond acceptors (Lipinski definition) is 2. The van der Waals surface area contributed by atoms with E-state index in [2.05, 4.69) is 26.1 Å². The van der Waals surface area contributed by atoms with Crippen molar-refractivity contribution < 1.29 is 4.79 Å². The topological polar surface area (TPSA) is 55.1 Å². The van der Waals surface area contributed by atoms with Crippen LogP contribution in [-0.4, -0.2) is 17.5 Å². The van der Waals surface area contributed by atoms with Gasteiger partial charge in [0, 0.05) is 6.04 Å². The highest BCUT2D eigenvalue weighted by molar-refractivity contribution is 5.87. The summed E-state index contributed by atoms with van der Waals surface area (Å²) < 4.78 is 0. The van der Waals surface area contributed by atoms with Crippen molar-refractivity contribution in [2.45, 2.75) is 70.9 Å². The summed E-state index contributed by atoms with van der Waals surface area (Å²) in [6.45, 7) is 6.53. The first kappa shape index (κ1) is 13.5. The summed E-state index contributed by atoms with van der Waals surface area (Å²) in [6, 6.07) is 0.257. The minimum Gasteiger partial charge on any atom is -0.352 e. The zero-order valence-corrected chi connectivity index (χ0v) is 10.9. The molecule has 0 spiro atoms. The number of amides is 1. The van der Waals surface area contributed by atoms with E-state index in [0.717, 1.165) is 31.6 Å². The van der Waals surface area contributed by atoms with Crippen LogP contribution in [0.3, 0.4) is 0 Å². The van der Waals surface area contributed by atoms with Gasteiger partial charge in [-0.2, -0.15) is 0 Å². The normalized spacial score (nSPS) is 20.3. The van der Waals surface area contributed by atoms with Crippen LogP contribution in [-0.2, 0) is 4.79 Å². The zero-order chi connectivity index (χ0) is 12.2. The molecular formula is C13H26N2O. The quantitative estimate of drug-likeness (QED) is 0.729. The molecule has 16 heavy (non-hydrogen) atoms. The van der Waals surface area contributed by atoms with Crippen LogP contribution in [0.5, 0.6) is 0 Å². The molecule has 0 radical (unpaired) electrons. The maximum absolute atomic E-state index is 11.8. The van der Waals surface area contributed by atoms with E-state index < -0.39 is 5.54 Å². The monoisotopic (exact) mass is 226 g/mol. The fraction of sp³-hybridized carbons (Fsp3) is 0.923. The molecule has 1 saturated carbocycles. The van der Waals surface area contributed by atoms with Crippen molar-refractivity contribution >= 4 is 5.91 Å². The Morgan fingerprint density at radius 2 is 1.94 bits per heavy atom. The van der Waals surface area contributed by atoms with E-state index in [4.69, 9.17) is 5.73 Å². The van der Waals surface area contributed by atoms with Gasteiger partial charge in [0.1, 0.15) is 0 Å². The first-order chi connectivity index (χ1) is 7.44. The number of nitrogens with two attached hydrogens (primary N) is 1. The summed E-state index contributed by atoms with van der Waals surface area (Å²) in [5, 5.41) is 3.03. The summed E-state index contributed by atoms with van der Waals surface area (Å²) in [6.07, 6.45) is 6.24. The molecule has 0 heterocycles. The molecule has 0 aromatic heterocycles. The van der Waals surface area contributed by atoms with Gasteiger partial charge in [0.25, 0.3) is 0 Å². The molecule has 0 aliphatic heterocycles. The number of carbonyl (C=O) groups is 1. The Bertz CT molecular complexity index is 234. The average molecular weight is 226 g/mol. The van der Waals surface area contributed by atoms with Gasteiger partial charge in [-0.1, -0.05) is 26.7 Å². The van der Waals surface area contributed by atoms with Crippen LogP contribution in [0.2, 0.25) is 0 Å². The van der Waals surface area contributed by atoms with E-state index in [9.17, 15) is 4.79 Å². The SMILES string of the molecule is CC(C)CCCC(C)NC(=O)C1(N)CCC1. The Kier molecular flexibility index (Phi) is 4.78. The molecular weight excluding hydrogens is 200 g/mol. The summed E-state index contributed by atoms with van der Waals surface area (Å²) in [5.74, 6) is 0.797. The Morgan fingerprint density at radius 3 is 2.38 bits per heavy atom. The maximum Gasteiger partial charge on any atom is 0.240 e.